The van der Waals surface area contributed by atoms with E-state index in [1.54, 1.807) is 0 Å². The van der Waals surface area contributed by atoms with Gasteiger partial charge in [0.25, 0.3) is 0 Å². The SMILES string of the molecule is CCC(Cc1ccccc1)S(=O)(=O)Cl. The molecule has 1 rings (SSSR count). The lowest BCUT2D eigenvalue weighted by atomic mass is 10.1. The Hall–Kier alpha value is -0.540. The van der Waals surface area contributed by atoms with Crippen LogP contribution in [-0.2, 0) is 15.5 Å². The fourth-order valence-corrected chi connectivity index (χ4v) is 2.68. The molecule has 0 bridgehead atoms. The van der Waals surface area contributed by atoms with Gasteiger partial charge < -0.3 is 0 Å². The molecule has 0 aliphatic heterocycles. The van der Waals surface area contributed by atoms with Crippen molar-refractivity contribution in [1.82, 2.24) is 0 Å². The van der Waals surface area contributed by atoms with Crippen LogP contribution in [0, 0.1) is 0 Å². The highest BCUT2D eigenvalue weighted by atomic mass is 35.7. The zero-order valence-electron chi connectivity index (χ0n) is 7.98. The first-order valence-electron chi connectivity index (χ1n) is 4.51. The van der Waals surface area contributed by atoms with E-state index in [0.717, 1.165) is 5.56 Å². The fourth-order valence-electron chi connectivity index (χ4n) is 1.32. The summed E-state index contributed by atoms with van der Waals surface area (Å²) in [6, 6.07) is 9.50. The van der Waals surface area contributed by atoms with Gasteiger partial charge in [-0.2, -0.15) is 0 Å². The van der Waals surface area contributed by atoms with Crippen LogP contribution >= 0.6 is 10.7 Å². The molecule has 1 aromatic rings. The standard InChI is InChI=1S/C10H13ClO2S/c1-2-10(14(11,12)13)8-9-6-4-3-5-7-9/h3-7,10H,2,8H2,1H3. The molecule has 4 heteroatoms. The molecule has 0 N–H and O–H groups in total. The first-order chi connectivity index (χ1) is 6.54. The summed E-state index contributed by atoms with van der Waals surface area (Å²) in [5.41, 5.74) is 1.00. The smallest absolute Gasteiger partial charge is 0.212 e. The number of hydrogen-bond donors (Lipinski definition) is 0. The van der Waals surface area contributed by atoms with E-state index in [-0.39, 0.29) is 0 Å². The second-order valence-corrected chi connectivity index (χ2v) is 6.10. The molecule has 0 saturated carbocycles. The Kier molecular flexibility index (Phi) is 3.96. The van der Waals surface area contributed by atoms with Crippen LogP contribution in [0.4, 0.5) is 0 Å². The van der Waals surface area contributed by atoms with E-state index in [4.69, 9.17) is 10.7 Å². The monoisotopic (exact) mass is 232 g/mol. The van der Waals surface area contributed by atoms with Gasteiger partial charge in [-0.05, 0) is 18.4 Å². The molecule has 0 heterocycles. The van der Waals surface area contributed by atoms with Gasteiger partial charge in [-0.1, -0.05) is 37.3 Å². The first-order valence-corrected chi connectivity index (χ1v) is 6.88. The van der Waals surface area contributed by atoms with Crippen LogP contribution in [0.2, 0.25) is 0 Å². The number of rotatable bonds is 4. The largest absolute Gasteiger partial charge is 0.235 e. The Morgan fingerprint density at radius 1 is 1.29 bits per heavy atom. The van der Waals surface area contributed by atoms with Crippen molar-refractivity contribution in [3.8, 4) is 0 Å². The van der Waals surface area contributed by atoms with Gasteiger partial charge in [-0.3, -0.25) is 0 Å². The van der Waals surface area contributed by atoms with Crippen molar-refractivity contribution in [2.24, 2.45) is 0 Å². The molecule has 2 nitrogen and oxygen atoms in total. The van der Waals surface area contributed by atoms with Crippen LogP contribution in [0.15, 0.2) is 30.3 Å². The minimum atomic E-state index is -3.44. The Morgan fingerprint density at radius 2 is 1.86 bits per heavy atom. The number of benzene rings is 1. The van der Waals surface area contributed by atoms with Crippen molar-refractivity contribution in [1.29, 1.82) is 0 Å². The van der Waals surface area contributed by atoms with Gasteiger partial charge in [0.2, 0.25) is 9.05 Å². The lowest BCUT2D eigenvalue weighted by molar-refractivity contribution is 0.588. The minimum Gasteiger partial charge on any atom is -0.212 e. The lowest BCUT2D eigenvalue weighted by Crippen LogP contribution is -2.17. The average Bonchev–Trinajstić information content (AvgIpc) is 2.14. The molecule has 0 aliphatic rings. The summed E-state index contributed by atoms with van der Waals surface area (Å²) in [6.45, 7) is 1.83. The highest BCUT2D eigenvalue weighted by Crippen LogP contribution is 2.16. The van der Waals surface area contributed by atoms with E-state index >= 15 is 0 Å². The predicted octanol–water partition coefficient (Wildman–Crippen LogP) is 2.58. The van der Waals surface area contributed by atoms with Gasteiger partial charge >= 0.3 is 0 Å². The van der Waals surface area contributed by atoms with Crippen LogP contribution < -0.4 is 0 Å². The fraction of sp³-hybridized carbons (Fsp3) is 0.400. The second-order valence-electron chi connectivity index (χ2n) is 3.20. The zero-order chi connectivity index (χ0) is 10.6. The minimum absolute atomic E-state index is 0.480. The van der Waals surface area contributed by atoms with E-state index in [0.29, 0.717) is 12.8 Å². The van der Waals surface area contributed by atoms with Crippen molar-refractivity contribution in [2.75, 3.05) is 0 Å². The van der Waals surface area contributed by atoms with Crippen LogP contribution in [-0.4, -0.2) is 13.7 Å². The molecule has 0 fully saturated rings. The Labute approximate surface area is 89.3 Å². The topological polar surface area (TPSA) is 34.1 Å². The maximum absolute atomic E-state index is 11.1. The molecular weight excluding hydrogens is 220 g/mol. The zero-order valence-corrected chi connectivity index (χ0v) is 9.55. The van der Waals surface area contributed by atoms with E-state index in [9.17, 15) is 8.42 Å². The number of halogens is 1. The summed E-state index contributed by atoms with van der Waals surface area (Å²) < 4.78 is 22.3. The Morgan fingerprint density at radius 3 is 2.29 bits per heavy atom. The van der Waals surface area contributed by atoms with E-state index in [1.165, 1.54) is 0 Å². The second kappa shape index (κ2) is 4.80. The molecular formula is C10H13ClO2S. The Bertz CT molecular complexity index is 372. The molecule has 78 valence electrons. The molecule has 14 heavy (non-hydrogen) atoms. The summed E-state index contributed by atoms with van der Waals surface area (Å²) >= 11 is 0. The third kappa shape index (κ3) is 3.31. The van der Waals surface area contributed by atoms with Crippen molar-refractivity contribution >= 4 is 19.7 Å². The molecule has 0 radical (unpaired) electrons. The van der Waals surface area contributed by atoms with Gasteiger partial charge in [0, 0.05) is 10.7 Å². The van der Waals surface area contributed by atoms with Crippen LogP contribution in [0.1, 0.15) is 18.9 Å². The van der Waals surface area contributed by atoms with Gasteiger partial charge in [0.05, 0.1) is 5.25 Å². The number of hydrogen-bond acceptors (Lipinski definition) is 2. The third-order valence-corrected chi connectivity index (χ3v) is 4.21. The molecule has 0 aliphatic carbocycles. The molecule has 1 unspecified atom stereocenters. The maximum Gasteiger partial charge on any atom is 0.235 e. The summed E-state index contributed by atoms with van der Waals surface area (Å²) in [5.74, 6) is 0. The first kappa shape index (κ1) is 11.5. The molecule has 0 saturated heterocycles. The van der Waals surface area contributed by atoms with Crippen LogP contribution in [0.25, 0.3) is 0 Å². The Balaban J connectivity index is 2.77. The third-order valence-electron chi connectivity index (χ3n) is 2.16. The molecule has 0 spiro atoms. The molecule has 1 atom stereocenters. The normalized spacial score (nSPS) is 13.9. The van der Waals surface area contributed by atoms with Crippen LogP contribution in [0.3, 0.4) is 0 Å². The van der Waals surface area contributed by atoms with E-state index in [1.807, 2.05) is 37.3 Å². The summed E-state index contributed by atoms with van der Waals surface area (Å²) in [4.78, 5) is 0. The van der Waals surface area contributed by atoms with Crippen molar-refractivity contribution < 1.29 is 8.42 Å². The van der Waals surface area contributed by atoms with Gasteiger partial charge in [-0.25, -0.2) is 8.42 Å². The van der Waals surface area contributed by atoms with Gasteiger partial charge in [0.1, 0.15) is 0 Å². The lowest BCUT2D eigenvalue weighted by Gasteiger charge is -2.10. The predicted molar refractivity (Wildman–Crippen MR) is 59.0 cm³/mol. The molecule has 1 aromatic carbocycles. The summed E-state index contributed by atoms with van der Waals surface area (Å²) in [7, 11) is 1.88. The quantitative estimate of drug-likeness (QED) is 0.748. The van der Waals surface area contributed by atoms with Gasteiger partial charge in [-0.15, -0.1) is 0 Å². The summed E-state index contributed by atoms with van der Waals surface area (Å²) in [5, 5.41) is -0.480. The highest BCUT2D eigenvalue weighted by molar-refractivity contribution is 8.14. The molecule has 0 amide bonds. The molecule has 0 aromatic heterocycles. The van der Waals surface area contributed by atoms with E-state index < -0.39 is 14.3 Å². The maximum atomic E-state index is 11.1. The van der Waals surface area contributed by atoms with Crippen molar-refractivity contribution in [2.45, 2.75) is 25.0 Å². The van der Waals surface area contributed by atoms with Crippen molar-refractivity contribution in [3.63, 3.8) is 0 Å². The summed E-state index contributed by atoms with van der Waals surface area (Å²) in [6.07, 6.45) is 1.03. The van der Waals surface area contributed by atoms with Gasteiger partial charge in [0.15, 0.2) is 0 Å². The highest BCUT2D eigenvalue weighted by Gasteiger charge is 2.20. The van der Waals surface area contributed by atoms with Crippen LogP contribution in [0.5, 0.6) is 0 Å². The van der Waals surface area contributed by atoms with E-state index in [2.05, 4.69) is 0 Å². The average molecular weight is 233 g/mol. The van der Waals surface area contributed by atoms with Crippen molar-refractivity contribution in [3.05, 3.63) is 35.9 Å².